The van der Waals surface area contributed by atoms with Crippen molar-refractivity contribution in [3.63, 3.8) is 0 Å². The zero-order valence-corrected chi connectivity index (χ0v) is 15.6. The predicted octanol–water partition coefficient (Wildman–Crippen LogP) is 3.09. The molecule has 0 heterocycles. The van der Waals surface area contributed by atoms with Gasteiger partial charge in [-0.15, -0.1) is 0 Å². The summed E-state index contributed by atoms with van der Waals surface area (Å²) in [5.74, 6) is 0.758. The SMILES string of the molecule is COCC(N)C(=O)N(Cc1c(OC)ccc2ccccc12)C1CCCC1. The van der Waals surface area contributed by atoms with Crippen molar-refractivity contribution in [2.24, 2.45) is 5.73 Å². The molecular weight excluding hydrogens is 328 g/mol. The molecule has 1 saturated carbocycles. The molecule has 5 heteroatoms. The van der Waals surface area contributed by atoms with Gasteiger partial charge in [0.1, 0.15) is 11.8 Å². The Morgan fingerprint density at radius 2 is 1.92 bits per heavy atom. The highest BCUT2D eigenvalue weighted by molar-refractivity contribution is 5.89. The van der Waals surface area contributed by atoms with Gasteiger partial charge in [0.15, 0.2) is 0 Å². The zero-order valence-electron chi connectivity index (χ0n) is 15.6. The molecule has 1 fully saturated rings. The Morgan fingerprint density at radius 1 is 1.19 bits per heavy atom. The summed E-state index contributed by atoms with van der Waals surface area (Å²) in [5.41, 5.74) is 7.12. The Kier molecular flexibility index (Phi) is 6.12. The average Bonchev–Trinajstić information content (AvgIpc) is 3.20. The van der Waals surface area contributed by atoms with E-state index in [1.54, 1.807) is 14.2 Å². The van der Waals surface area contributed by atoms with Gasteiger partial charge in [-0.25, -0.2) is 0 Å². The average molecular weight is 356 g/mol. The maximum Gasteiger partial charge on any atom is 0.242 e. The van der Waals surface area contributed by atoms with E-state index >= 15 is 0 Å². The van der Waals surface area contributed by atoms with E-state index in [4.69, 9.17) is 15.2 Å². The Balaban J connectivity index is 1.98. The molecule has 1 aliphatic carbocycles. The number of rotatable bonds is 7. The molecule has 0 radical (unpaired) electrons. The van der Waals surface area contributed by atoms with E-state index < -0.39 is 6.04 Å². The normalized spacial score (nSPS) is 16.0. The van der Waals surface area contributed by atoms with Crippen molar-refractivity contribution in [3.8, 4) is 5.75 Å². The molecule has 0 saturated heterocycles. The van der Waals surface area contributed by atoms with Gasteiger partial charge in [-0.2, -0.15) is 0 Å². The van der Waals surface area contributed by atoms with Crippen LogP contribution in [-0.4, -0.2) is 43.7 Å². The molecule has 2 aromatic carbocycles. The fourth-order valence-electron chi connectivity index (χ4n) is 3.91. The van der Waals surface area contributed by atoms with Crippen LogP contribution in [0.2, 0.25) is 0 Å². The van der Waals surface area contributed by atoms with E-state index in [-0.39, 0.29) is 18.6 Å². The van der Waals surface area contributed by atoms with Gasteiger partial charge in [0.2, 0.25) is 5.91 Å². The van der Waals surface area contributed by atoms with Crippen LogP contribution in [0.25, 0.3) is 10.8 Å². The van der Waals surface area contributed by atoms with Crippen LogP contribution < -0.4 is 10.5 Å². The maximum atomic E-state index is 13.0. The van der Waals surface area contributed by atoms with Crippen molar-refractivity contribution in [1.29, 1.82) is 0 Å². The lowest BCUT2D eigenvalue weighted by Crippen LogP contribution is -2.49. The van der Waals surface area contributed by atoms with Crippen LogP contribution in [0.15, 0.2) is 36.4 Å². The topological polar surface area (TPSA) is 64.8 Å². The smallest absolute Gasteiger partial charge is 0.242 e. The summed E-state index contributed by atoms with van der Waals surface area (Å²) in [6, 6.07) is 11.8. The third-order valence-corrected chi connectivity index (χ3v) is 5.26. The highest BCUT2D eigenvalue weighted by Gasteiger charge is 2.31. The molecule has 140 valence electrons. The molecule has 1 atom stereocenters. The third kappa shape index (κ3) is 3.84. The summed E-state index contributed by atoms with van der Waals surface area (Å²) in [5, 5.41) is 2.26. The number of nitrogens with two attached hydrogens (primary N) is 1. The van der Waals surface area contributed by atoms with Crippen LogP contribution >= 0.6 is 0 Å². The fourth-order valence-corrected chi connectivity index (χ4v) is 3.91. The lowest BCUT2D eigenvalue weighted by Gasteiger charge is -2.32. The molecule has 0 bridgehead atoms. The van der Waals surface area contributed by atoms with Crippen molar-refractivity contribution in [2.75, 3.05) is 20.8 Å². The summed E-state index contributed by atoms with van der Waals surface area (Å²) in [7, 11) is 3.24. The Labute approximate surface area is 155 Å². The standard InChI is InChI=1S/C21H28N2O3/c1-25-14-19(22)21(24)23(16-8-4-5-9-16)13-18-17-10-6-3-7-15(17)11-12-20(18)26-2/h3,6-7,10-12,16,19H,4-5,8-9,13-14,22H2,1-2H3. The molecule has 5 nitrogen and oxygen atoms in total. The number of ether oxygens (including phenoxy) is 2. The van der Waals surface area contributed by atoms with Gasteiger partial charge in [0.25, 0.3) is 0 Å². The number of hydrogen-bond donors (Lipinski definition) is 1. The molecular formula is C21H28N2O3. The highest BCUT2D eigenvalue weighted by atomic mass is 16.5. The Morgan fingerprint density at radius 3 is 2.62 bits per heavy atom. The number of nitrogens with zero attached hydrogens (tertiary/aromatic N) is 1. The first-order valence-corrected chi connectivity index (χ1v) is 9.25. The maximum absolute atomic E-state index is 13.0. The number of carbonyl (C=O) groups is 1. The zero-order chi connectivity index (χ0) is 18.5. The van der Waals surface area contributed by atoms with Crippen molar-refractivity contribution >= 4 is 16.7 Å². The monoisotopic (exact) mass is 356 g/mol. The summed E-state index contributed by atoms with van der Waals surface area (Å²) >= 11 is 0. The summed E-state index contributed by atoms with van der Waals surface area (Å²) in [6.45, 7) is 0.736. The second kappa shape index (κ2) is 8.52. The number of fused-ring (bicyclic) bond motifs is 1. The van der Waals surface area contributed by atoms with E-state index in [2.05, 4.69) is 18.2 Å². The molecule has 0 aromatic heterocycles. The number of hydrogen-bond acceptors (Lipinski definition) is 4. The van der Waals surface area contributed by atoms with E-state index in [1.165, 1.54) is 0 Å². The summed E-state index contributed by atoms with van der Waals surface area (Å²) in [4.78, 5) is 15.0. The largest absolute Gasteiger partial charge is 0.496 e. The predicted molar refractivity (Wildman–Crippen MR) is 103 cm³/mol. The second-order valence-corrected chi connectivity index (χ2v) is 6.93. The van der Waals surface area contributed by atoms with Gasteiger partial charge in [-0.3, -0.25) is 4.79 Å². The Bertz CT molecular complexity index is 756. The van der Waals surface area contributed by atoms with Gasteiger partial charge in [-0.1, -0.05) is 43.2 Å². The van der Waals surface area contributed by atoms with Gasteiger partial charge in [-0.05, 0) is 29.7 Å². The number of benzene rings is 2. The minimum atomic E-state index is -0.637. The number of carbonyl (C=O) groups excluding carboxylic acids is 1. The number of amides is 1. The van der Waals surface area contributed by atoms with Crippen LogP contribution in [-0.2, 0) is 16.1 Å². The fraction of sp³-hybridized carbons (Fsp3) is 0.476. The molecule has 0 spiro atoms. The first kappa shape index (κ1) is 18.7. The third-order valence-electron chi connectivity index (χ3n) is 5.26. The molecule has 2 aromatic rings. The first-order valence-electron chi connectivity index (χ1n) is 9.25. The molecule has 2 N–H and O–H groups in total. The lowest BCUT2D eigenvalue weighted by atomic mass is 10.0. The minimum Gasteiger partial charge on any atom is -0.496 e. The van der Waals surface area contributed by atoms with Crippen LogP contribution in [0.3, 0.4) is 0 Å². The van der Waals surface area contributed by atoms with Crippen LogP contribution in [0.1, 0.15) is 31.2 Å². The lowest BCUT2D eigenvalue weighted by molar-refractivity contribution is -0.136. The molecule has 3 rings (SSSR count). The summed E-state index contributed by atoms with van der Waals surface area (Å²) < 4.78 is 10.7. The first-order chi connectivity index (χ1) is 12.7. The van der Waals surface area contributed by atoms with E-state index in [0.29, 0.717) is 6.54 Å². The van der Waals surface area contributed by atoms with Crippen LogP contribution in [0, 0.1) is 0 Å². The van der Waals surface area contributed by atoms with E-state index in [0.717, 1.165) is 47.8 Å². The molecule has 1 aliphatic rings. The quantitative estimate of drug-likeness (QED) is 0.828. The van der Waals surface area contributed by atoms with Crippen molar-refractivity contribution in [2.45, 2.75) is 44.3 Å². The Hall–Kier alpha value is -2.11. The van der Waals surface area contributed by atoms with Crippen molar-refractivity contribution in [3.05, 3.63) is 42.0 Å². The minimum absolute atomic E-state index is 0.0475. The van der Waals surface area contributed by atoms with Gasteiger partial charge in [0, 0.05) is 18.7 Å². The van der Waals surface area contributed by atoms with Crippen LogP contribution in [0.5, 0.6) is 5.75 Å². The molecule has 1 amide bonds. The van der Waals surface area contributed by atoms with Crippen molar-refractivity contribution in [1.82, 2.24) is 4.90 Å². The van der Waals surface area contributed by atoms with Crippen LogP contribution in [0.4, 0.5) is 0 Å². The van der Waals surface area contributed by atoms with Gasteiger partial charge in [0.05, 0.1) is 20.3 Å². The van der Waals surface area contributed by atoms with Gasteiger partial charge < -0.3 is 20.1 Å². The van der Waals surface area contributed by atoms with Crippen molar-refractivity contribution < 1.29 is 14.3 Å². The molecule has 26 heavy (non-hydrogen) atoms. The molecule has 1 unspecified atom stereocenters. The van der Waals surface area contributed by atoms with Gasteiger partial charge >= 0.3 is 0 Å². The highest BCUT2D eigenvalue weighted by Crippen LogP contribution is 2.32. The van der Waals surface area contributed by atoms with E-state index in [9.17, 15) is 4.79 Å². The number of methoxy groups -OCH3 is 2. The summed E-state index contributed by atoms with van der Waals surface area (Å²) in [6.07, 6.45) is 4.36. The van der Waals surface area contributed by atoms with E-state index in [1.807, 2.05) is 23.1 Å². The molecule has 0 aliphatic heterocycles. The second-order valence-electron chi connectivity index (χ2n) is 6.93.